The van der Waals surface area contributed by atoms with Crippen molar-refractivity contribution in [3.8, 4) is 5.75 Å². The average molecular weight is 327 g/mol. The Morgan fingerprint density at radius 2 is 2.04 bits per heavy atom. The summed E-state index contributed by atoms with van der Waals surface area (Å²) < 4.78 is 5.59. The monoisotopic (exact) mass is 327 g/mol. The van der Waals surface area contributed by atoms with Gasteiger partial charge in [-0.15, -0.1) is 0 Å². The highest BCUT2D eigenvalue weighted by Gasteiger charge is 2.19. The minimum absolute atomic E-state index is 0.362. The first kappa shape index (κ1) is 17.5. The lowest BCUT2D eigenvalue weighted by molar-refractivity contribution is -0.136. The Hall–Kier alpha value is -2.89. The topological polar surface area (TPSA) is 80.3 Å². The van der Waals surface area contributed by atoms with Gasteiger partial charge in [0.15, 0.2) is 0 Å². The zero-order valence-corrected chi connectivity index (χ0v) is 14.0. The smallest absolute Gasteiger partial charge is 0.313 e. The summed E-state index contributed by atoms with van der Waals surface area (Å²) in [6.07, 6.45) is 3.06. The van der Waals surface area contributed by atoms with Crippen LogP contribution in [0.4, 0.5) is 5.69 Å². The van der Waals surface area contributed by atoms with Crippen molar-refractivity contribution in [2.24, 2.45) is 0 Å². The number of carbonyl (C=O) groups is 2. The first-order valence-electron chi connectivity index (χ1n) is 7.76. The molecular formula is C18H21N3O3. The van der Waals surface area contributed by atoms with Gasteiger partial charge >= 0.3 is 11.8 Å². The van der Waals surface area contributed by atoms with E-state index in [2.05, 4.69) is 15.6 Å². The zero-order valence-electron chi connectivity index (χ0n) is 14.0. The summed E-state index contributed by atoms with van der Waals surface area (Å²) in [6, 6.07) is 8.73. The molecule has 0 spiro atoms. The van der Waals surface area contributed by atoms with Crippen molar-refractivity contribution in [2.45, 2.75) is 26.8 Å². The maximum atomic E-state index is 12.1. The molecule has 6 heteroatoms. The van der Waals surface area contributed by atoms with E-state index in [1.54, 1.807) is 18.3 Å². The van der Waals surface area contributed by atoms with Gasteiger partial charge in [-0.2, -0.15) is 0 Å². The molecule has 2 rings (SSSR count). The van der Waals surface area contributed by atoms with E-state index in [1.165, 1.54) is 6.20 Å². The fraction of sp³-hybridized carbons (Fsp3) is 0.278. The fourth-order valence-corrected chi connectivity index (χ4v) is 2.26. The van der Waals surface area contributed by atoms with Crippen LogP contribution in [-0.2, 0) is 9.59 Å². The van der Waals surface area contributed by atoms with Crippen molar-refractivity contribution in [1.29, 1.82) is 0 Å². The standard InChI is InChI=1S/C18H21N3O3/c1-4-24-16-8-7-12(2)10-15(16)13(3)20-17(22)18(23)21-14-6-5-9-19-11-14/h5-11,13H,4H2,1-3H3,(H,20,22)(H,21,23). The fourth-order valence-electron chi connectivity index (χ4n) is 2.26. The van der Waals surface area contributed by atoms with Crippen molar-refractivity contribution in [1.82, 2.24) is 10.3 Å². The minimum atomic E-state index is -0.736. The molecule has 0 saturated carbocycles. The van der Waals surface area contributed by atoms with Crippen molar-refractivity contribution < 1.29 is 14.3 Å². The summed E-state index contributed by atoms with van der Waals surface area (Å²) in [5.41, 5.74) is 2.35. The van der Waals surface area contributed by atoms with E-state index in [-0.39, 0.29) is 6.04 Å². The van der Waals surface area contributed by atoms with E-state index in [0.29, 0.717) is 18.0 Å². The molecule has 24 heavy (non-hydrogen) atoms. The molecule has 0 radical (unpaired) electrons. The normalized spacial score (nSPS) is 11.5. The molecule has 0 aliphatic rings. The number of amides is 2. The van der Waals surface area contributed by atoms with Gasteiger partial charge in [-0.05, 0) is 39.0 Å². The molecular weight excluding hydrogens is 306 g/mol. The Bertz CT molecular complexity index is 717. The molecule has 1 heterocycles. The Kier molecular flexibility index (Phi) is 5.89. The van der Waals surface area contributed by atoms with Crippen molar-refractivity contribution in [3.05, 3.63) is 53.9 Å². The molecule has 126 valence electrons. The Morgan fingerprint density at radius 3 is 2.71 bits per heavy atom. The predicted octanol–water partition coefficient (Wildman–Crippen LogP) is 2.60. The Labute approximate surface area is 141 Å². The summed E-state index contributed by atoms with van der Waals surface area (Å²) in [4.78, 5) is 28.0. The largest absolute Gasteiger partial charge is 0.494 e. The van der Waals surface area contributed by atoms with Crippen molar-refractivity contribution in [2.75, 3.05) is 11.9 Å². The van der Waals surface area contributed by atoms with E-state index in [4.69, 9.17) is 4.74 Å². The maximum Gasteiger partial charge on any atom is 0.313 e. The van der Waals surface area contributed by atoms with Crippen LogP contribution < -0.4 is 15.4 Å². The number of nitrogens with one attached hydrogen (secondary N) is 2. The zero-order chi connectivity index (χ0) is 17.5. The molecule has 2 N–H and O–H groups in total. The Morgan fingerprint density at radius 1 is 1.25 bits per heavy atom. The van der Waals surface area contributed by atoms with Crippen LogP contribution >= 0.6 is 0 Å². The summed E-state index contributed by atoms with van der Waals surface area (Å²) in [5.74, 6) is -0.751. The number of benzene rings is 1. The number of ether oxygens (including phenoxy) is 1. The number of rotatable bonds is 5. The van der Waals surface area contributed by atoms with Crippen LogP contribution in [0.25, 0.3) is 0 Å². The first-order valence-corrected chi connectivity index (χ1v) is 7.76. The van der Waals surface area contributed by atoms with Crippen LogP contribution in [0.15, 0.2) is 42.7 Å². The van der Waals surface area contributed by atoms with Crippen molar-refractivity contribution >= 4 is 17.5 Å². The number of hydrogen-bond donors (Lipinski definition) is 2. The number of carbonyl (C=O) groups excluding carboxylic acids is 2. The highest BCUT2D eigenvalue weighted by atomic mass is 16.5. The predicted molar refractivity (Wildman–Crippen MR) is 91.8 cm³/mol. The lowest BCUT2D eigenvalue weighted by atomic mass is 10.0. The van der Waals surface area contributed by atoms with Crippen molar-refractivity contribution in [3.63, 3.8) is 0 Å². The third-order valence-corrected chi connectivity index (χ3v) is 3.40. The molecule has 1 aromatic heterocycles. The van der Waals surface area contributed by atoms with Crippen LogP contribution in [0.1, 0.15) is 31.0 Å². The van der Waals surface area contributed by atoms with E-state index in [9.17, 15) is 9.59 Å². The molecule has 0 bridgehead atoms. The van der Waals surface area contributed by atoms with Gasteiger partial charge in [0.2, 0.25) is 0 Å². The SMILES string of the molecule is CCOc1ccc(C)cc1C(C)NC(=O)C(=O)Nc1cccnc1. The molecule has 2 aromatic rings. The van der Waals surface area contributed by atoms with Gasteiger partial charge in [0.25, 0.3) is 0 Å². The number of hydrogen-bond acceptors (Lipinski definition) is 4. The molecule has 1 atom stereocenters. The quantitative estimate of drug-likeness (QED) is 0.827. The van der Waals surface area contributed by atoms with E-state index in [0.717, 1.165) is 11.1 Å². The lowest BCUT2D eigenvalue weighted by Gasteiger charge is -2.18. The van der Waals surface area contributed by atoms with Gasteiger partial charge in [0, 0.05) is 11.8 Å². The van der Waals surface area contributed by atoms with Crippen LogP contribution in [0, 0.1) is 6.92 Å². The lowest BCUT2D eigenvalue weighted by Crippen LogP contribution is -2.37. The second-order valence-electron chi connectivity index (χ2n) is 5.37. The maximum absolute atomic E-state index is 12.1. The minimum Gasteiger partial charge on any atom is -0.494 e. The summed E-state index contributed by atoms with van der Waals surface area (Å²) in [7, 11) is 0. The van der Waals surface area contributed by atoms with Crippen LogP contribution in [0.5, 0.6) is 5.75 Å². The summed E-state index contributed by atoms with van der Waals surface area (Å²) >= 11 is 0. The molecule has 0 aliphatic carbocycles. The second kappa shape index (κ2) is 8.10. The molecule has 0 saturated heterocycles. The summed E-state index contributed by atoms with van der Waals surface area (Å²) in [6.45, 7) is 6.20. The second-order valence-corrected chi connectivity index (χ2v) is 5.37. The number of aromatic nitrogens is 1. The average Bonchev–Trinajstić information content (AvgIpc) is 2.57. The molecule has 0 aliphatic heterocycles. The summed E-state index contributed by atoms with van der Waals surface area (Å²) in [5, 5.41) is 5.20. The van der Waals surface area contributed by atoms with Gasteiger partial charge in [-0.25, -0.2) is 0 Å². The van der Waals surface area contributed by atoms with Crippen LogP contribution in [0.2, 0.25) is 0 Å². The van der Waals surface area contributed by atoms with E-state index < -0.39 is 11.8 Å². The highest BCUT2D eigenvalue weighted by molar-refractivity contribution is 6.39. The third-order valence-electron chi connectivity index (χ3n) is 3.40. The number of nitrogens with zero attached hydrogens (tertiary/aromatic N) is 1. The van der Waals surface area contributed by atoms with Crippen LogP contribution in [0.3, 0.4) is 0 Å². The third kappa shape index (κ3) is 4.55. The van der Waals surface area contributed by atoms with Gasteiger partial charge in [0.1, 0.15) is 5.75 Å². The molecule has 1 aromatic carbocycles. The van der Waals surface area contributed by atoms with Crippen LogP contribution in [-0.4, -0.2) is 23.4 Å². The van der Waals surface area contributed by atoms with Gasteiger partial charge < -0.3 is 15.4 Å². The Balaban J connectivity index is 2.06. The molecule has 6 nitrogen and oxygen atoms in total. The molecule has 0 fully saturated rings. The molecule has 1 unspecified atom stereocenters. The highest BCUT2D eigenvalue weighted by Crippen LogP contribution is 2.26. The van der Waals surface area contributed by atoms with Gasteiger partial charge in [0.05, 0.1) is 24.5 Å². The van der Waals surface area contributed by atoms with Gasteiger partial charge in [-0.1, -0.05) is 17.7 Å². The number of pyridine rings is 1. The van der Waals surface area contributed by atoms with E-state index in [1.807, 2.05) is 39.0 Å². The number of anilines is 1. The first-order chi connectivity index (χ1) is 11.5. The van der Waals surface area contributed by atoms with E-state index >= 15 is 0 Å². The van der Waals surface area contributed by atoms with Gasteiger partial charge in [-0.3, -0.25) is 14.6 Å². The number of aryl methyl sites for hydroxylation is 1. The molecule has 2 amide bonds.